The van der Waals surface area contributed by atoms with Gasteiger partial charge in [-0.2, -0.15) is 0 Å². The van der Waals surface area contributed by atoms with Crippen molar-refractivity contribution in [2.45, 2.75) is 33.1 Å². The molecular formula is C43H34Cl2Ti. The van der Waals surface area contributed by atoms with E-state index in [9.17, 15) is 0 Å². The zero-order valence-corrected chi connectivity index (χ0v) is 29.5. The standard InChI is InChI=1S/C43H34.2ClH.Ti/c1-27-25-31-17-11-23-37(41(31)39(27)35-21-9-15-29-13-5-7-19-33(29)35)43(3,4)38-24-12-18-32-26-28(2)40(42(32)38)36-22-10-16-30-14-6-8-20-34(30)36;;;/h5-26H,1-4H3;2*1H;/q-2;;;+4/p-2. The summed E-state index contributed by atoms with van der Waals surface area (Å²) in [5.74, 6) is 0. The van der Waals surface area contributed by atoms with Crippen molar-refractivity contribution in [1.29, 1.82) is 0 Å². The molecule has 0 spiro atoms. The van der Waals surface area contributed by atoms with Gasteiger partial charge in [0.1, 0.15) is 0 Å². The number of benzene rings is 6. The van der Waals surface area contributed by atoms with Gasteiger partial charge in [0, 0.05) is 0 Å². The number of rotatable bonds is 4. The van der Waals surface area contributed by atoms with Crippen LogP contribution in [0.2, 0.25) is 0 Å². The molecule has 0 unspecified atom stereocenters. The first-order valence-electron chi connectivity index (χ1n) is 15.3. The van der Waals surface area contributed by atoms with Crippen LogP contribution in [-0.2, 0) is 27.1 Å². The Hall–Kier alpha value is -3.65. The molecule has 3 heteroatoms. The summed E-state index contributed by atoms with van der Waals surface area (Å²) in [6.07, 6.45) is 0. The second-order valence-corrected chi connectivity index (χ2v) is 12.6. The molecule has 8 aromatic carbocycles. The van der Waals surface area contributed by atoms with E-state index >= 15 is 0 Å². The molecule has 0 aliphatic rings. The second kappa shape index (κ2) is 12.9. The van der Waals surface area contributed by atoms with Gasteiger partial charge >= 0.3 is 21.7 Å². The van der Waals surface area contributed by atoms with E-state index in [0.29, 0.717) is 0 Å². The fourth-order valence-electron chi connectivity index (χ4n) is 7.71. The summed E-state index contributed by atoms with van der Waals surface area (Å²) in [4.78, 5) is 0. The monoisotopic (exact) mass is 668 g/mol. The molecule has 0 N–H and O–H groups in total. The number of hydrogen-bond donors (Lipinski definition) is 0. The maximum atomic E-state index is 2.42. The maximum Gasteiger partial charge on any atom is 4.00 e. The predicted molar refractivity (Wildman–Crippen MR) is 187 cm³/mol. The summed E-state index contributed by atoms with van der Waals surface area (Å²) in [6, 6.07) is 49.5. The molecule has 8 rings (SSSR count). The summed E-state index contributed by atoms with van der Waals surface area (Å²) < 4.78 is 0. The maximum absolute atomic E-state index is 2.42. The zero-order valence-electron chi connectivity index (χ0n) is 26.5. The van der Waals surface area contributed by atoms with E-state index in [-0.39, 0.29) is 51.9 Å². The van der Waals surface area contributed by atoms with E-state index in [0.717, 1.165) is 0 Å². The Morgan fingerprint density at radius 3 is 1.26 bits per heavy atom. The van der Waals surface area contributed by atoms with Crippen molar-refractivity contribution in [3.05, 3.63) is 156 Å². The van der Waals surface area contributed by atoms with Crippen molar-refractivity contribution in [3.63, 3.8) is 0 Å². The van der Waals surface area contributed by atoms with Crippen molar-refractivity contribution < 1.29 is 46.5 Å². The largest absolute Gasteiger partial charge is 4.00 e. The van der Waals surface area contributed by atoms with E-state index in [1.165, 1.54) is 87.6 Å². The van der Waals surface area contributed by atoms with Crippen LogP contribution in [0, 0.1) is 13.8 Å². The molecule has 0 saturated heterocycles. The first kappa shape index (κ1) is 33.7. The van der Waals surface area contributed by atoms with Crippen LogP contribution in [0.15, 0.2) is 133 Å². The molecule has 46 heavy (non-hydrogen) atoms. The normalized spacial score (nSPS) is 11.4. The molecule has 0 heterocycles. The fourth-order valence-corrected chi connectivity index (χ4v) is 7.71. The van der Waals surface area contributed by atoms with E-state index < -0.39 is 0 Å². The third kappa shape index (κ3) is 5.13. The van der Waals surface area contributed by atoms with E-state index in [1.807, 2.05) is 0 Å². The van der Waals surface area contributed by atoms with Crippen LogP contribution in [0.4, 0.5) is 0 Å². The van der Waals surface area contributed by atoms with E-state index in [2.05, 4.69) is 161 Å². The number of aryl methyl sites for hydroxylation is 2. The molecule has 0 nitrogen and oxygen atoms in total. The van der Waals surface area contributed by atoms with Gasteiger partial charge in [-0.05, 0) is 27.0 Å². The minimum atomic E-state index is -0.251. The van der Waals surface area contributed by atoms with Crippen LogP contribution < -0.4 is 24.8 Å². The zero-order chi connectivity index (χ0) is 29.3. The van der Waals surface area contributed by atoms with E-state index in [1.54, 1.807) is 0 Å². The van der Waals surface area contributed by atoms with Gasteiger partial charge in [0.25, 0.3) is 0 Å². The van der Waals surface area contributed by atoms with Crippen LogP contribution in [0.3, 0.4) is 0 Å². The van der Waals surface area contributed by atoms with Crippen molar-refractivity contribution in [2.24, 2.45) is 0 Å². The van der Waals surface area contributed by atoms with Crippen LogP contribution in [-0.4, -0.2) is 0 Å². The van der Waals surface area contributed by atoms with Crippen molar-refractivity contribution in [1.82, 2.24) is 0 Å². The molecule has 0 radical (unpaired) electrons. The van der Waals surface area contributed by atoms with Crippen LogP contribution in [0.5, 0.6) is 0 Å². The Kier molecular flexibility index (Phi) is 9.43. The topological polar surface area (TPSA) is 0 Å². The Labute approximate surface area is 298 Å². The predicted octanol–water partition coefficient (Wildman–Crippen LogP) is 6.02. The smallest absolute Gasteiger partial charge is 1.00 e. The molecule has 224 valence electrons. The minimum Gasteiger partial charge on any atom is -1.00 e. The van der Waals surface area contributed by atoms with Crippen LogP contribution >= 0.6 is 0 Å². The summed E-state index contributed by atoms with van der Waals surface area (Å²) in [7, 11) is 0. The summed E-state index contributed by atoms with van der Waals surface area (Å²) >= 11 is 0. The van der Waals surface area contributed by atoms with Gasteiger partial charge in [0.2, 0.25) is 0 Å². The van der Waals surface area contributed by atoms with Gasteiger partial charge in [-0.3, -0.25) is 0 Å². The second-order valence-electron chi connectivity index (χ2n) is 12.6. The Balaban J connectivity index is 0.00000139. The summed E-state index contributed by atoms with van der Waals surface area (Å²) in [5, 5.41) is 10.5. The van der Waals surface area contributed by atoms with E-state index in [4.69, 9.17) is 0 Å². The third-order valence-electron chi connectivity index (χ3n) is 9.69. The Morgan fingerprint density at radius 1 is 0.457 bits per heavy atom. The Bertz CT molecular complexity index is 2180. The fraction of sp³-hybridized carbons (Fsp3) is 0.116. The molecule has 0 fully saturated rings. The number of halogens is 2. The molecule has 0 atom stereocenters. The average molecular weight is 670 g/mol. The molecular weight excluding hydrogens is 635 g/mol. The first-order chi connectivity index (χ1) is 20.9. The number of hydrogen-bond acceptors (Lipinski definition) is 0. The molecule has 0 bridgehead atoms. The third-order valence-corrected chi connectivity index (χ3v) is 9.69. The van der Waals surface area contributed by atoms with Gasteiger partial charge in [0.05, 0.1) is 0 Å². The quantitative estimate of drug-likeness (QED) is 0.159. The molecule has 0 amide bonds. The molecule has 8 aromatic rings. The van der Waals surface area contributed by atoms with Crippen molar-refractivity contribution >= 4 is 43.1 Å². The number of fused-ring (bicyclic) bond motifs is 4. The van der Waals surface area contributed by atoms with Gasteiger partial charge in [-0.15, -0.1) is 80.2 Å². The van der Waals surface area contributed by atoms with Gasteiger partial charge < -0.3 is 24.8 Å². The summed E-state index contributed by atoms with van der Waals surface area (Å²) in [5.41, 5.74) is 10.5. The van der Waals surface area contributed by atoms with Crippen molar-refractivity contribution in [3.8, 4) is 22.3 Å². The molecule has 0 saturated carbocycles. The van der Waals surface area contributed by atoms with Gasteiger partial charge in [-0.1, -0.05) is 147 Å². The molecule has 0 aliphatic heterocycles. The van der Waals surface area contributed by atoms with Crippen LogP contribution in [0.1, 0.15) is 36.1 Å². The molecule has 0 aromatic heterocycles. The Morgan fingerprint density at radius 2 is 0.826 bits per heavy atom. The van der Waals surface area contributed by atoms with Gasteiger partial charge in [-0.25, -0.2) is 0 Å². The SMILES string of the molecule is Cc1[cH-]c2cccc(C(C)(C)c3cccc4[cH-]c(C)c(-c5cccc6ccccc56)c34)c2c1-c1cccc2ccccc12.[Cl-].[Cl-].[Ti+4]. The molecule has 0 aliphatic carbocycles. The summed E-state index contributed by atoms with van der Waals surface area (Å²) in [6.45, 7) is 9.38. The first-order valence-corrected chi connectivity index (χ1v) is 15.3. The van der Waals surface area contributed by atoms with Gasteiger partial charge in [0.15, 0.2) is 0 Å². The minimum absolute atomic E-state index is 0. The van der Waals surface area contributed by atoms with Crippen LogP contribution in [0.25, 0.3) is 65.3 Å². The average Bonchev–Trinajstić information content (AvgIpc) is 3.55. The van der Waals surface area contributed by atoms with Crippen molar-refractivity contribution in [2.75, 3.05) is 0 Å².